The van der Waals surface area contributed by atoms with E-state index in [1.54, 1.807) is 7.11 Å². The zero-order valence-electron chi connectivity index (χ0n) is 11.4. The van der Waals surface area contributed by atoms with Gasteiger partial charge in [0.25, 0.3) is 0 Å². The fraction of sp³-hybridized carbons (Fsp3) is 0.929. The van der Waals surface area contributed by atoms with Crippen molar-refractivity contribution >= 4 is 5.97 Å². The first-order valence-electron chi connectivity index (χ1n) is 7.15. The van der Waals surface area contributed by atoms with Crippen LogP contribution >= 0.6 is 0 Å². The van der Waals surface area contributed by atoms with Crippen LogP contribution in [0.1, 0.15) is 44.9 Å². The summed E-state index contributed by atoms with van der Waals surface area (Å²) in [6.45, 7) is 2.63. The van der Waals surface area contributed by atoms with Crippen LogP contribution in [-0.2, 0) is 9.53 Å². The molecule has 0 aromatic rings. The predicted octanol–water partition coefficient (Wildman–Crippen LogP) is 2.13. The quantitative estimate of drug-likeness (QED) is 0.836. The summed E-state index contributed by atoms with van der Waals surface area (Å²) in [5, 5.41) is 9.58. The Hall–Kier alpha value is -0.610. The number of aliphatic carboxylic acids is 1. The Bertz CT molecular complexity index is 287. The fourth-order valence-corrected chi connectivity index (χ4v) is 3.45. The van der Waals surface area contributed by atoms with Gasteiger partial charge in [-0.15, -0.1) is 0 Å². The number of hydrogen-bond acceptors (Lipinski definition) is 3. The highest BCUT2D eigenvalue weighted by Gasteiger charge is 2.41. The Kier molecular flexibility index (Phi) is 4.62. The van der Waals surface area contributed by atoms with Gasteiger partial charge in [0.1, 0.15) is 0 Å². The Morgan fingerprint density at radius 2 is 2.06 bits per heavy atom. The van der Waals surface area contributed by atoms with Gasteiger partial charge in [-0.1, -0.05) is 19.3 Å². The summed E-state index contributed by atoms with van der Waals surface area (Å²) in [6.07, 6.45) is 7.51. The molecule has 1 saturated heterocycles. The monoisotopic (exact) mass is 255 g/mol. The van der Waals surface area contributed by atoms with E-state index in [9.17, 15) is 9.90 Å². The van der Waals surface area contributed by atoms with Crippen LogP contribution in [0.5, 0.6) is 0 Å². The molecule has 0 aromatic heterocycles. The zero-order valence-corrected chi connectivity index (χ0v) is 11.4. The van der Waals surface area contributed by atoms with Crippen molar-refractivity contribution in [3.63, 3.8) is 0 Å². The standard InChI is InChI=1S/C14H25NO3/c1-18-12-6-5-9-15(10-12)11-14(13(16)17)7-3-2-4-8-14/h12H,2-11H2,1H3,(H,16,17). The summed E-state index contributed by atoms with van der Waals surface area (Å²) in [5.41, 5.74) is -0.492. The molecular formula is C14H25NO3. The van der Waals surface area contributed by atoms with E-state index in [0.717, 1.165) is 51.6 Å². The van der Waals surface area contributed by atoms with Crippen molar-refractivity contribution in [3.05, 3.63) is 0 Å². The molecule has 1 heterocycles. The molecule has 1 aliphatic heterocycles. The summed E-state index contributed by atoms with van der Waals surface area (Å²) in [6, 6.07) is 0. The summed E-state index contributed by atoms with van der Waals surface area (Å²) in [7, 11) is 1.75. The number of ether oxygens (including phenoxy) is 1. The molecule has 1 aliphatic carbocycles. The fourth-order valence-electron chi connectivity index (χ4n) is 3.45. The van der Waals surface area contributed by atoms with E-state index in [1.165, 1.54) is 6.42 Å². The number of rotatable bonds is 4. The molecular weight excluding hydrogens is 230 g/mol. The summed E-state index contributed by atoms with van der Waals surface area (Å²) >= 11 is 0. The van der Waals surface area contributed by atoms with Crippen molar-refractivity contribution in [2.45, 2.75) is 51.0 Å². The smallest absolute Gasteiger partial charge is 0.310 e. The average Bonchev–Trinajstić information content (AvgIpc) is 2.40. The van der Waals surface area contributed by atoms with Crippen LogP contribution in [0.25, 0.3) is 0 Å². The van der Waals surface area contributed by atoms with Gasteiger partial charge in [0.15, 0.2) is 0 Å². The molecule has 2 rings (SSSR count). The van der Waals surface area contributed by atoms with E-state index in [0.29, 0.717) is 6.54 Å². The Labute approximate surface area is 109 Å². The lowest BCUT2D eigenvalue weighted by molar-refractivity contribution is -0.153. The van der Waals surface area contributed by atoms with E-state index >= 15 is 0 Å². The van der Waals surface area contributed by atoms with E-state index in [-0.39, 0.29) is 6.10 Å². The number of hydrogen-bond donors (Lipinski definition) is 1. The molecule has 1 saturated carbocycles. The van der Waals surface area contributed by atoms with Gasteiger partial charge >= 0.3 is 5.97 Å². The first kappa shape index (κ1) is 13.8. The molecule has 4 heteroatoms. The van der Waals surface area contributed by atoms with Crippen molar-refractivity contribution in [3.8, 4) is 0 Å². The summed E-state index contributed by atoms with van der Waals surface area (Å²) in [5.74, 6) is -0.596. The van der Waals surface area contributed by atoms with E-state index in [4.69, 9.17) is 4.74 Å². The van der Waals surface area contributed by atoms with Crippen molar-refractivity contribution < 1.29 is 14.6 Å². The van der Waals surface area contributed by atoms with Crippen LogP contribution in [0.3, 0.4) is 0 Å². The number of carbonyl (C=O) groups is 1. The highest BCUT2D eigenvalue weighted by Crippen LogP contribution is 2.38. The predicted molar refractivity (Wildman–Crippen MR) is 69.6 cm³/mol. The van der Waals surface area contributed by atoms with Gasteiger partial charge < -0.3 is 9.84 Å². The summed E-state index contributed by atoms with van der Waals surface area (Å²) < 4.78 is 5.41. The van der Waals surface area contributed by atoms with Gasteiger partial charge in [0, 0.05) is 20.2 Å². The number of nitrogens with zero attached hydrogens (tertiary/aromatic N) is 1. The molecule has 4 nitrogen and oxygen atoms in total. The lowest BCUT2D eigenvalue weighted by atomic mass is 9.73. The van der Waals surface area contributed by atoms with Gasteiger partial charge in [-0.3, -0.25) is 9.69 Å². The lowest BCUT2D eigenvalue weighted by Gasteiger charge is -2.40. The van der Waals surface area contributed by atoms with Gasteiger partial charge in [0.05, 0.1) is 11.5 Å². The van der Waals surface area contributed by atoms with Gasteiger partial charge in [-0.2, -0.15) is 0 Å². The van der Waals surface area contributed by atoms with Crippen molar-refractivity contribution in [2.75, 3.05) is 26.7 Å². The van der Waals surface area contributed by atoms with Gasteiger partial charge in [-0.05, 0) is 32.2 Å². The topological polar surface area (TPSA) is 49.8 Å². The molecule has 1 atom stereocenters. The van der Waals surface area contributed by atoms with Crippen LogP contribution < -0.4 is 0 Å². The van der Waals surface area contributed by atoms with Crippen LogP contribution in [0.2, 0.25) is 0 Å². The molecule has 2 fully saturated rings. The highest BCUT2D eigenvalue weighted by atomic mass is 16.5. The molecule has 1 N–H and O–H groups in total. The normalized spacial score (nSPS) is 29.1. The van der Waals surface area contributed by atoms with Crippen LogP contribution in [-0.4, -0.2) is 48.8 Å². The Balaban J connectivity index is 1.98. The molecule has 1 unspecified atom stereocenters. The minimum Gasteiger partial charge on any atom is -0.481 e. The molecule has 18 heavy (non-hydrogen) atoms. The second-order valence-electron chi connectivity index (χ2n) is 5.88. The molecule has 104 valence electrons. The zero-order chi connectivity index (χ0) is 13.0. The minimum absolute atomic E-state index is 0.285. The Morgan fingerprint density at radius 1 is 1.33 bits per heavy atom. The number of carboxylic acid groups (broad SMARTS) is 1. The first-order valence-corrected chi connectivity index (χ1v) is 7.15. The van der Waals surface area contributed by atoms with Crippen LogP contribution in [0, 0.1) is 5.41 Å². The van der Waals surface area contributed by atoms with Crippen LogP contribution in [0.15, 0.2) is 0 Å². The number of methoxy groups -OCH3 is 1. The maximum Gasteiger partial charge on any atom is 0.310 e. The highest BCUT2D eigenvalue weighted by molar-refractivity contribution is 5.75. The third-order valence-electron chi connectivity index (χ3n) is 4.59. The molecule has 0 amide bonds. The Morgan fingerprint density at radius 3 is 2.67 bits per heavy atom. The van der Waals surface area contributed by atoms with Crippen molar-refractivity contribution in [1.29, 1.82) is 0 Å². The third kappa shape index (κ3) is 3.04. The number of likely N-dealkylation sites (tertiary alicyclic amines) is 1. The maximum atomic E-state index is 11.6. The lowest BCUT2D eigenvalue weighted by Crippen LogP contribution is -2.49. The van der Waals surface area contributed by atoms with Crippen LogP contribution in [0.4, 0.5) is 0 Å². The second kappa shape index (κ2) is 6.02. The minimum atomic E-state index is -0.596. The van der Waals surface area contributed by atoms with E-state index in [2.05, 4.69) is 4.90 Å². The molecule has 0 spiro atoms. The molecule has 0 radical (unpaired) electrons. The molecule has 0 bridgehead atoms. The van der Waals surface area contributed by atoms with Gasteiger partial charge in [0.2, 0.25) is 0 Å². The second-order valence-corrected chi connectivity index (χ2v) is 5.88. The number of carboxylic acids is 1. The first-order chi connectivity index (χ1) is 8.66. The average molecular weight is 255 g/mol. The largest absolute Gasteiger partial charge is 0.481 e. The van der Waals surface area contributed by atoms with Crippen molar-refractivity contribution in [2.24, 2.45) is 5.41 Å². The van der Waals surface area contributed by atoms with E-state index < -0.39 is 11.4 Å². The summed E-state index contributed by atoms with van der Waals surface area (Å²) in [4.78, 5) is 13.9. The SMILES string of the molecule is COC1CCCN(CC2(C(=O)O)CCCCC2)C1. The maximum absolute atomic E-state index is 11.6. The van der Waals surface area contributed by atoms with Gasteiger partial charge in [-0.25, -0.2) is 0 Å². The van der Waals surface area contributed by atoms with E-state index in [1.807, 2.05) is 0 Å². The molecule has 2 aliphatic rings. The number of piperidine rings is 1. The van der Waals surface area contributed by atoms with Crippen molar-refractivity contribution in [1.82, 2.24) is 4.90 Å². The third-order valence-corrected chi connectivity index (χ3v) is 4.59. The molecule has 0 aromatic carbocycles.